The zero-order chi connectivity index (χ0) is 21.8. The van der Waals surface area contributed by atoms with E-state index in [9.17, 15) is 4.79 Å². The van der Waals surface area contributed by atoms with Crippen LogP contribution in [0.3, 0.4) is 0 Å². The van der Waals surface area contributed by atoms with Gasteiger partial charge in [-0.1, -0.05) is 42.5 Å². The summed E-state index contributed by atoms with van der Waals surface area (Å²) in [7, 11) is 1.64. The number of carbonyl (C=O) groups is 1. The largest absolute Gasteiger partial charge is 0.382 e. The van der Waals surface area contributed by atoms with Crippen LogP contribution in [0.2, 0.25) is 0 Å². The summed E-state index contributed by atoms with van der Waals surface area (Å²) < 4.78 is 13.6. The number of nitrogens with one attached hydrogen (secondary N) is 2. The summed E-state index contributed by atoms with van der Waals surface area (Å²) in [6.45, 7) is 2.87. The van der Waals surface area contributed by atoms with Gasteiger partial charge in [0.2, 0.25) is 0 Å². The third kappa shape index (κ3) is 4.66. The molecule has 3 aromatic rings. The van der Waals surface area contributed by atoms with Crippen molar-refractivity contribution >= 4 is 27.8 Å². The number of aryl methyl sites for hydroxylation is 1. The van der Waals surface area contributed by atoms with Crippen molar-refractivity contribution in [2.45, 2.75) is 25.5 Å². The molecule has 2 N–H and O–H groups in total. The molecule has 31 heavy (non-hydrogen) atoms. The van der Waals surface area contributed by atoms with E-state index in [1.54, 1.807) is 11.8 Å². The number of amides is 2. The van der Waals surface area contributed by atoms with Gasteiger partial charge in [0.15, 0.2) is 5.82 Å². The fraction of sp³-hybridized carbons (Fsp3) is 0.304. The van der Waals surface area contributed by atoms with Crippen LogP contribution in [-0.2, 0) is 15.9 Å². The lowest BCUT2D eigenvalue weighted by Crippen LogP contribution is -2.38. The molecular weight excluding hydrogens is 460 g/mol. The van der Waals surface area contributed by atoms with Crippen molar-refractivity contribution in [1.29, 1.82) is 0 Å². The molecule has 0 bridgehead atoms. The lowest BCUT2D eigenvalue weighted by molar-refractivity contribution is 0.00643. The van der Waals surface area contributed by atoms with Crippen molar-refractivity contribution in [2.24, 2.45) is 0 Å². The summed E-state index contributed by atoms with van der Waals surface area (Å²) in [5.41, 5.74) is 3.90. The van der Waals surface area contributed by atoms with Crippen LogP contribution < -0.4 is 10.6 Å². The van der Waals surface area contributed by atoms with Crippen LogP contribution in [0.15, 0.2) is 59.1 Å². The number of anilines is 1. The maximum absolute atomic E-state index is 13.0. The Morgan fingerprint density at radius 2 is 1.90 bits per heavy atom. The molecule has 0 spiro atoms. The Labute approximate surface area is 189 Å². The number of rotatable bonds is 7. The van der Waals surface area contributed by atoms with Crippen LogP contribution in [0.4, 0.5) is 10.6 Å². The molecule has 2 unspecified atom stereocenters. The van der Waals surface area contributed by atoms with E-state index in [4.69, 9.17) is 9.47 Å². The molecule has 2 aromatic carbocycles. The molecule has 1 heterocycles. The third-order valence-corrected chi connectivity index (χ3v) is 6.26. The molecule has 1 aliphatic carbocycles. The van der Waals surface area contributed by atoms with E-state index in [1.807, 2.05) is 55.5 Å². The minimum atomic E-state index is -0.320. The predicted octanol–water partition coefficient (Wildman–Crippen LogP) is 4.39. The van der Waals surface area contributed by atoms with Crippen molar-refractivity contribution in [2.75, 3.05) is 25.6 Å². The number of aromatic nitrogens is 2. The molecule has 1 aliphatic rings. The molecular formula is C23H25BrN4O3. The number of hydrogen-bond donors (Lipinski definition) is 2. The van der Waals surface area contributed by atoms with Gasteiger partial charge in [0, 0.05) is 13.5 Å². The molecule has 2 atom stereocenters. The van der Waals surface area contributed by atoms with Crippen LogP contribution in [-0.4, -0.2) is 42.2 Å². The number of hydrogen-bond acceptors (Lipinski definition) is 4. The number of halogens is 1. The minimum absolute atomic E-state index is 0.150. The maximum atomic E-state index is 13.0. The summed E-state index contributed by atoms with van der Waals surface area (Å²) in [5, 5.41) is 10.6. The van der Waals surface area contributed by atoms with E-state index in [-0.39, 0.29) is 18.2 Å². The van der Waals surface area contributed by atoms with Gasteiger partial charge in [-0.2, -0.15) is 5.10 Å². The quantitative estimate of drug-likeness (QED) is 0.487. The van der Waals surface area contributed by atoms with Crippen LogP contribution >= 0.6 is 15.9 Å². The summed E-state index contributed by atoms with van der Waals surface area (Å²) in [6, 6.07) is 17.2. The second-order valence-electron chi connectivity index (χ2n) is 7.38. The Morgan fingerprint density at radius 1 is 1.16 bits per heavy atom. The first-order valence-electron chi connectivity index (χ1n) is 10.1. The molecule has 0 saturated carbocycles. The third-order valence-electron chi connectivity index (χ3n) is 5.31. The second-order valence-corrected chi connectivity index (χ2v) is 8.17. The zero-order valence-corrected chi connectivity index (χ0v) is 19.1. The summed E-state index contributed by atoms with van der Waals surface area (Å²) >= 11 is 3.55. The second kappa shape index (κ2) is 9.64. The Hall–Kier alpha value is -2.68. The number of methoxy groups -OCH3 is 1. The Balaban J connectivity index is 1.54. The minimum Gasteiger partial charge on any atom is -0.382 e. The number of nitrogens with zero attached hydrogens (tertiary/aromatic N) is 2. The highest BCUT2D eigenvalue weighted by Gasteiger charge is 2.34. The molecule has 4 rings (SSSR count). The van der Waals surface area contributed by atoms with E-state index in [1.165, 1.54) is 5.56 Å². The summed E-state index contributed by atoms with van der Waals surface area (Å²) in [5.74, 6) is 0.573. The Bertz CT molecular complexity index is 1050. The normalized spacial score (nSPS) is 17.4. The van der Waals surface area contributed by atoms with Gasteiger partial charge in [0.25, 0.3) is 0 Å². The topological polar surface area (TPSA) is 77.4 Å². The predicted molar refractivity (Wildman–Crippen MR) is 123 cm³/mol. The van der Waals surface area contributed by atoms with Crippen LogP contribution in [0, 0.1) is 6.92 Å². The van der Waals surface area contributed by atoms with Gasteiger partial charge in [-0.25, -0.2) is 9.48 Å². The van der Waals surface area contributed by atoms with Crippen LogP contribution in [0.1, 0.15) is 22.9 Å². The lowest BCUT2D eigenvalue weighted by atomic mass is 10.1. The maximum Gasteiger partial charge on any atom is 0.321 e. The number of carbonyl (C=O) groups excluding carboxylic acids is 1. The Morgan fingerprint density at radius 3 is 2.68 bits per heavy atom. The van der Waals surface area contributed by atoms with Crippen LogP contribution in [0.25, 0.3) is 5.69 Å². The summed E-state index contributed by atoms with van der Waals surface area (Å²) in [4.78, 5) is 13.0. The first-order valence-corrected chi connectivity index (χ1v) is 10.9. The van der Waals surface area contributed by atoms with Crippen molar-refractivity contribution in [3.63, 3.8) is 0 Å². The smallest absolute Gasteiger partial charge is 0.321 e. The van der Waals surface area contributed by atoms with Gasteiger partial charge >= 0.3 is 6.03 Å². The van der Waals surface area contributed by atoms with Gasteiger partial charge in [0.05, 0.1) is 41.2 Å². The molecule has 162 valence electrons. The molecule has 7 nitrogen and oxygen atoms in total. The molecule has 8 heteroatoms. The average molecular weight is 485 g/mol. The zero-order valence-electron chi connectivity index (χ0n) is 17.5. The van der Waals surface area contributed by atoms with Gasteiger partial charge < -0.3 is 14.8 Å². The number of ether oxygens (including phenoxy) is 2. The van der Waals surface area contributed by atoms with Crippen molar-refractivity contribution in [1.82, 2.24) is 15.1 Å². The van der Waals surface area contributed by atoms with Crippen LogP contribution in [0.5, 0.6) is 0 Å². The molecule has 1 aromatic heterocycles. The molecule has 0 radical (unpaired) electrons. The standard InChI is InChI=1S/C23H25BrN4O3/c1-15-20(24)22(28(27-15)17-9-4-3-5-10-17)26-23(29)25-21-18-11-7-6-8-16(18)14-19(21)31-13-12-30-2/h3-11,19,21H,12-14H2,1-2H3,(H2,25,26,29). The van der Waals surface area contributed by atoms with E-state index in [2.05, 4.69) is 37.7 Å². The monoisotopic (exact) mass is 484 g/mol. The van der Waals surface area contributed by atoms with Crippen molar-refractivity contribution in [3.8, 4) is 5.69 Å². The SMILES string of the molecule is COCCOC1Cc2ccccc2C1NC(=O)Nc1c(Br)c(C)nn1-c1ccccc1. The number of para-hydroxylation sites is 1. The summed E-state index contributed by atoms with van der Waals surface area (Å²) in [6.07, 6.45) is 0.595. The molecule has 0 fully saturated rings. The van der Waals surface area contributed by atoms with E-state index < -0.39 is 0 Å². The first-order chi connectivity index (χ1) is 15.1. The van der Waals surface area contributed by atoms with Gasteiger partial charge in [0.1, 0.15) is 0 Å². The van der Waals surface area contributed by atoms with Crippen molar-refractivity contribution < 1.29 is 14.3 Å². The van der Waals surface area contributed by atoms with Crippen molar-refractivity contribution in [3.05, 3.63) is 75.9 Å². The number of urea groups is 1. The fourth-order valence-corrected chi connectivity index (χ4v) is 4.17. The highest BCUT2D eigenvalue weighted by Crippen LogP contribution is 2.34. The molecule has 2 amide bonds. The van der Waals surface area contributed by atoms with E-state index >= 15 is 0 Å². The molecule has 0 aliphatic heterocycles. The Kier molecular flexibility index (Phi) is 6.70. The first kappa shape index (κ1) is 21.5. The highest BCUT2D eigenvalue weighted by atomic mass is 79.9. The number of fused-ring (bicyclic) bond motifs is 1. The fourth-order valence-electron chi connectivity index (χ4n) is 3.82. The van der Waals surface area contributed by atoms with E-state index in [0.29, 0.717) is 19.0 Å². The molecule has 0 saturated heterocycles. The average Bonchev–Trinajstić information content (AvgIpc) is 3.27. The van der Waals surface area contributed by atoms with Gasteiger partial charge in [-0.15, -0.1) is 0 Å². The number of benzene rings is 2. The van der Waals surface area contributed by atoms with Gasteiger partial charge in [-0.05, 0) is 46.1 Å². The lowest BCUT2D eigenvalue weighted by Gasteiger charge is -2.23. The van der Waals surface area contributed by atoms with E-state index in [0.717, 1.165) is 27.8 Å². The highest BCUT2D eigenvalue weighted by molar-refractivity contribution is 9.10. The van der Waals surface area contributed by atoms with Gasteiger partial charge in [-0.3, -0.25) is 5.32 Å².